The van der Waals surface area contributed by atoms with E-state index in [9.17, 15) is 4.79 Å². The first kappa shape index (κ1) is 20.1. The third kappa shape index (κ3) is 6.22. The van der Waals surface area contributed by atoms with Crippen molar-refractivity contribution in [2.24, 2.45) is 10.8 Å². The summed E-state index contributed by atoms with van der Waals surface area (Å²) in [6.45, 7) is 5.18. The van der Waals surface area contributed by atoms with E-state index in [1.807, 2.05) is 12.1 Å². The van der Waals surface area contributed by atoms with Crippen LogP contribution in [0.4, 0.5) is 4.79 Å². The summed E-state index contributed by atoms with van der Waals surface area (Å²) in [4.78, 5) is 10.6. The standard InChI is InChI=1S/C20H25N3O4/c1-14-6-4-7-17(15(14)2)26-10-5-11-27-18-9-8-16(12-19(18)25-3)13-22-23-20(21)24/h4,6-9,12-13H,5,10-11H2,1-3H3,(H3,21,23,24). The van der Waals surface area contributed by atoms with Gasteiger partial charge in [0.25, 0.3) is 0 Å². The monoisotopic (exact) mass is 371 g/mol. The van der Waals surface area contributed by atoms with E-state index in [2.05, 4.69) is 30.4 Å². The Labute approximate surface area is 159 Å². The van der Waals surface area contributed by atoms with Crippen molar-refractivity contribution in [2.45, 2.75) is 20.3 Å². The largest absolute Gasteiger partial charge is 0.493 e. The molecule has 0 fully saturated rings. The molecule has 0 bridgehead atoms. The van der Waals surface area contributed by atoms with Gasteiger partial charge in [0.05, 0.1) is 26.5 Å². The summed E-state index contributed by atoms with van der Waals surface area (Å²) in [7, 11) is 1.56. The number of nitrogens with two attached hydrogens (primary N) is 1. The van der Waals surface area contributed by atoms with Gasteiger partial charge in [0, 0.05) is 6.42 Å². The van der Waals surface area contributed by atoms with Gasteiger partial charge in [-0.15, -0.1) is 0 Å². The number of amides is 2. The van der Waals surface area contributed by atoms with Gasteiger partial charge in [-0.05, 0) is 54.8 Å². The van der Waals surface area contributed by atoms with Crippen molar-refractivity contribution < 1.29 is 19.0 Å². The topological polar surface area (TPSA) is 95.2 Å². The van der Waals surface area contributed by atoms with Gasteiger partial charge >= 0.3 is 6.03 Å². The zero-order valence-corrected chi connectivity index (χ0v) is 15.8. The smallest absolute Gasteiger partial charge is 0.332 e. The molecule has 0 saturated heterocycles. The Morgan fingerprint density at radius 3 is 2.56 bits per heavy atom. The van der Waals surface area contributed by atoms with Gasteiger partial charge in [0.15, 0.2) is 11.5 Å². The summed E-state index contributed by atoms with van der Waals surface area (Å²) in [5.41, 5.74) is 10.2. The van der Waals surface area contributed by atoms with Crippen LogP contribution in [0.2, 0.25) is 0 Å². The molecule has 0 unspecified atom stereocenters. The Morgan fingerprint density at radius 2 is 1.85 bits per heavy atom. The molecular weight excluding hydrogens is 346 g/mol. The molecule has 27 heavy (non-hydrogen) atoms. The quantitative estimate of drug-likeness (QED) is 0.402. The predicted octanol–water partition coefficient (Wildman–Crippen LogP) is 3.16. The van der Waals surface area contributed by atoms with Crippen LogP contribution in [-0.4, -0.2) is 32.6 Å². The maximum atomic E-state index is 10.6. The molecule has 0 aliphatic rings. The zero-order valence-electron chi connectivity index (χ0n) is 15.8. The van der Waals surface area contributed by atoms with Gasteiger partial charge in [-0.2, -0.15) is 5.10 Å². The molecule has 7 nitrogen and oxygen atoms in total. The number of ether oxygens (including phenoxy) is 3. The van der Waals surface area contributed by atoms with Crippen LogP contribution in [-0.2, 0) is 0 Å². The first-order chi connectivity index (χ1) is 13.0. The average Bonchev–Trinajstić information content (AvgIpc) is 2.65. The fourth-order valence-corrected chi connectivity index (χ4v) is 2.36. The van der Waals surface area contributed by atoms with Crippen LogP contribution in [0.1, 0.15) is 23.1 Å². The number of hydrogen-bond acceptors (Lipinski definition) is 5. The lowest BCUT2D eigenvalue weighted by Gasteiger charge is -2.13. The van der Waals surface area contributed by atoms with E-state index in [1.165, 1.54) is 11.8 Å². The molecule has 0 atom stereocenters. The summed E-state index contributed by atoms with van der Waals surface area (Å²) in [5.74, 6) is 2.11. The number of carbonyl (C=O) groups is 1. The molecule has 144 valence electrons. The maximum absolute atomic E-state index is 10.6. The molecule has 2 amide bonds. The highest BCUT2D eigenvalue weighted by Crippen LogP contribution is 2.27. The third-order valence-corrected chi connectivity index (χ3v) is 3.93. The van der Waals surface area contributed by atoms with E-state index in [0.717, 1.165) is 23.3 Å². The summed E-state index contributed by atoms with van der Waals surface area (Å²) in [6.07, 6.45) is 2.21. The van der Waals surface area contributed by atoms with Crippen molar-refractivity contribution in [3.8, 4) is 17.2 Å². The Bertz CT molecular complexity index is 806. The van der Waals surface area contributed by atoms with Gasteiger partial charge < -0.3 is 19.9 Å². The second-order valence-corrected chi connectivity index (χ2v) is 5.89. The minimum atomic E-state index is -0.721. The Morgan fingerprint density at radius 1 is 1.11 bits per heavy atom. The van der Waals surface area contributed by atoms with Gasteiger partial charge in [0.2, 0.25) is 0 Å². The van der Waals surface area contributed by atoms with Gasteiger partial charge in [-0.3, -0.25) is 0 Å². The normalized spacial score (nSPS) is 10.6. The number of carbonyl (C=O) groups excluding carboxylic acids is 1. The number of rotatable bonds is 9. The Kier molecular flexibility index (Phi) is 7.49. The molecule has 0 spiro atoms. The van der Waals surface area contributed by atoms with E-state index in [4.69, 9.17) is 19.9 Å². The molecule has 0 saturated carbocycles. The first-order valence-electron chi connectivity index (χ1n) is 8.59. The number of aryl methyl sites for hydroxylation is 1. The van der Waals surface area contributed by atoms with E-state index in [1.54, 1.807) is 25.3 Å². The maximum Gasteiger partial charge on any atom is 0.332 e. The van der Waals surface area contributed by atoms with Crippen molar-refractivity contribution in [3.63, 3.8) is 0 Å². The molecule has 3 N–H and O–H groups in total. The summed E-state index contributed by atoms with van der Waals surface area (Å²) >= 11 is 0. The summed E-state index contributed by atoms with van der Waals surface area (Å²) in [6, 6.07) is 10.7. The van der Waals surface area contributed by atoms with E-state index < -0.39 is 6.03 Å². The highest BCUT2D eigenvalue weighted by atomic mass is 16.5. The van der Waals surface area contributed by atoms with Crippen molar-refractivity contribution >= 4 is 12.2 Å². The van der Waals surface area contributed by atoms with Gasteiger partial charge in [0.1, 0.15) is 5.75 Å². The minimum absolute atomic E-state index is 0.498. The van der Waals surface area contributed by atoms with Crippen LogP contribution >= 0.6 is 0 Å². The number of methoxy groups -OCH3 is 1. The lowest BCUT2D eigenvalue weighted by Crippen LogP contribution is -2.24. The predicted molar refractivity (Wildman–Crippen MR) is 105 cm³/mol. The lowest BCUT2D eigenvalue weighted by atomic mass is 10.1. The molecule has 0 aromatic heterocycles. The second kappa shape index (κ2) is 10.1. The fourth-order valence-electron chi connectivity index (χ4n) is 2.36. The zero-order chi connectivity index (χ0) is 19.6. The fraction of sp³-hybridized carbons (Fsp3) is 0.300. The number of benzene rings is 2. The van der Waals surface area contributed by atoms with Crippen molar-refractivity contribution in [2.75, 3.05) is 20.3 Å². The number of nitrogens with one attached hydrogen (secondary N) is 1. The van der Waals surface area contributed by atoms with Crippen LogP contribution in [0.15, 0.2) is 41.5 Å². The van der Waals surface area contributed by atoms with Crippen molar-refractivity contribution in [1.29, 1.82) is 0 Å². The highest BCUT2D eigenvalue weighted by Gasteiger charge is 2.06. The Hall–Kier alpha value is -3.22. The molecule has 2 aromatic rings. The van der Waals surface area contributed by atoms with Crippen molar-refractivity contribution in [3.05, 3.63) is 53.1 Å². The number of hydrogen-bond donors (Lipinski definition) is 2. The molecule has 2 aromatic carbocycles. The minimum Gasteiger partial charge on any atom is -0.493 e. The van der Waals surface area contributed by atoms with Gasteiger partial charge in [-0.1, -0.05) is 12.1 Å². The second-order valence-electron chi connectivity index (χ2n) is 5.89. The molecule has 7 heteroatoms. The molecule has 2 rings (SSSR count). The van der Waals surface area contributed by atoms with Gasteiger partial charge in [-0.25, -0.2) is 10.2 Å². The summed E-state index contributed by atoms with van der Waals surface area (Å²) in [5, 5.41) is 3.71. The first-order valence-corrected chi connectivity index (χ1v) is 8.59. The average molecular weight is 371 g/mol. The summed E-state index contributed by atoms with van der Waals surface area (Å²) < 4.78 is 16.9. The number of hydrazone groups is 1. The molecule has 0 aliphatic heterocycles. The van der Waals surface area contributed by atoms with Crippen LogP contribution in [0.25, 0.3) is 0 Å². The third-order valence-electron chi connectivity index (χ3n) is 3.93. The number of nitrogens with zero attached hydrogens (tertiary/aromatic N) is 1. The van der Waals surface area contributed by atoms with Crippen LogP contribution in [0.5, 0.6) is 17.2 Å². The van der Waals surface area contributed by atoms with E-state index >= 15 is 0 Å². The van der Waals surface area contributed by atoms with Crippen LogP contribution in [0, 0.1) is 13.8 Å². The van der Waals surface area contributed by atoms with E-state index in [-0.39, 0.29) is 0 Å². The number of primary amides is 1. The van der Waals surface area contributed by atoms with E-state index in [0.29, 0.717) is 24.7 Å². The Balaban J connectivity index is 1.83. The lowest BCUT2D eigenvalue weighted by molar-refractivity contribution is 0.239. The molecule has 0 aliphatic carbocycles. The van der Waals surface area contributed by atoms with Crippen LogP contribution < -0.4 is 25.4 Å². The SMILES string of the molecule is COc1cc(C=NNC(N)=O)ccc1OCCCOc1cccc(C)c1C. The molecule has 0 radical (unpaired) electrons. The molecular formula is C20H25N3O4. The van der Waals surface area contributed by atoms with Crippen LogP contribution in [0.3, 0.4) is 0 Å². The highest BCUT2D eigenvalue weighted by molar-refractivity contribution is 5.82. The number of urea groups is 1. The van der Waals surface area contributed by atoms with Crippen molar-refractivity contribution in [1.82, 2.24) is 5.43 Å². The molecule has 0 heterocycles.